The number of hydrogen-bond donors (Lipinski definition) is 1. The molecule has 26 heavy (non-hydrogen) atoms. The Morgan fingerprint density at radius 3 is 1.77 bits per heavy atom. The molecule has 0 radical (unpaired) electrons. The maximum atomic E-state index is 11.4. The van der Waals surface area contributed by atoms with E-state index in [4.69, 9.17) is 4.74 Å². The van der Waals surface area contributed by atoms with E-state index in [0.29, 0.717) is 17.6 Å². The van der Waals surface area contributed by atoms with Gasteiger partial charge < -0.3 is 9.84 Å². The van der Waals surface area contributed by atoms with Gasteiger partial charge in [0.15, 0.2) is 13.1 Å². The van der Waals surface area contributed by atoms with E-state index < -0.39 is 11.8 Å². The highest BCUT2D eigenvalue weighted by molar-refractivity contribution is 5.66. The highest BCUT2D eigenvalue weighted by Crippen LogP contribution is 2.50. The molecule has 0 bridgehead atoms. The zero-order valence-electron chi connectivity index (χ0n) is 16.0. The van der Waals surface area contributed by atoms with Gasteiger partial charge in [0.05, 0.1) is 5.54 Å². The van der Waals surface area contributed by atoms with Gasteiger partial charge in [-0.3, -0.25) is 9.28 Å². The quantitative estimate of drug-likeness (QED) is 0.518. The van der Waals surface area contributed by atoms with Gasteiger partial charge in [0.1, 0.15) is 6.04 Å². The fourth-order valence-electron chi connectivity index (χ4n) is 4.25. The summed E-state index contributed by atoms with van der Waals surface area (Å²) >= 11 is 0. The molecular formula is C22H28NO3+. The number of benzene rings is 2. The van der Waals surface area contributed by atoms with Gasteiger partial charge >= 0.3 is 11.8 Å². The third-order valence-electron chi connectivity index (χ3n) is 5.45. The molecule has 0 aromatic heterocycles. The third kappa shape index (κ3) is 3.27. The highest BCUT2D eigenvalue weighted by atomic mass is 16.7. The first kappa shape index (κ1) is 18.6. The van der Waals surface area contributed by atoms with E-state index in [9.17, 15) is 9.90 Å². The van der Waals surface area contributed by atoms with Crippen LogP contribution in [0.1, 0.15) is 44.9 Å². The number of carbonyl (C=O) groups is 1. The van der Waals surface area contributed by atoms with Crippen molar-refractivity contribution < 1.29 is 19.1 Å². The van der Waals surface area contributed by atoms with Gasteiger partial charge in [0.2, 0.25) is 0 Å². The van der Waals surface area contributed by atoms with Crippen LogP contribution in [0.5, 0.6) is 0 Å². The molecule has 0 saturated carbocycles. The largest absolute Gasteiger partial charge is 0.421 e. The van der Waals surface area contributed by atoms with Crippen molar-refractivity contribution in [3.63, 3.8) is 0 Å². The summed E-state index contributed by atoms with van der Waals surface area (Å²) in [7, 11) is 0. The summed E-state index contributed by atoms with van der Waals surface area (Å²) in [5.41, 5.74) is 2.24. The number of esters is 1. The Bertz CT molecular complexity index is 719. The van der Waals surface area contributed by atoms with Gasteiger partial charge in [-0.1, -0.05) is 60.7 Å². The Hall–Kier alpha value is -2.17. The van der Waals surface area contributed by atoms with Gasteiger partial charge in [-0.25, -0.2) is 0 Å². The van der Waals surface area contributed by atoms with Crippen molar-refractivity contribution in [3.05, 3.63) is 71.8 Å². The SMILES string of the molecule is CC(=O)OC1(O)C[N+](C(c2ccccc2)c2ccccc2)(C(C)(C)C)C1. The van der Waals surface area contributed by atoms with Crippen molar-refractivity contribution in [2.75, 3.05) is 13.1 Å². The first-order valence-electron chi connectivity index (χ1n) is 9.06. The summed E-state index contributed by atoms with van der Waals surface area (Å²) in [5.74, 6) is -1.85. The molecule has 138 valence electrons. The fraction of sp³-hybridized carbons (Fsp3) is 0.409. The molecule has 4 heteroatoms. The number of carbonyl (C=O) groups excluding carboxylic acids is 1. The minimum absolute atomic E-state index is 0.0493. The van der Waals surface area contributed by atoms with Crippen LogP contribution in [-0.4, -0.2) is 40.0 Å². The summed E-state index contributed by atoms with van der Waals surface area (Å²) in [6.07, 6.45) is 0. The molecule has 1 aliphatic rings. The van der Waals surface area contributed by atoms with Crippen molar-refractivity contribution in [2.24, 2.45) is 0 Å². The van der Waals surface area contributed by atoms with E-state index in [1.54, 1.807) is 0 Å². The number of ether oxygens (including phenoxy) is 1. The number of aliphatic hydroxyl groups is 1. The van der Waals surface area contributed by atoms with E-state index in [1.165, 1.54) is 18.1 Å². The zero-order valence-corrected chi connectivity index (χ0v) is 16.0. The van der Waals surface area contributed by atoms with E-state index in [-0.39, 0.29) is 11.6 Å². The lowest BCUT2D eigenvalue weighted by atomic mass is 9.81. The Morgan fingerprint density at radius 1 is 1.00 bits per heavy atom. The summed E-state index contributed by atoms with van der Waals surface area (Å²) in [4.78, 5) is 11.4. The average Bonchev–Trinajstić information content (AvgIpc) is 2.53. The van der Waals surface area contributed by atoms with Gasteiger partial charge in [-0.2, -0.15) is 0 Å². The third-order valence-corrected chi connectivity index (χ3v) is 5.45. The molecule has 1 heterocycles. The minimum atomic E-state index is -1.40. The maximum absolute atomic E-state index is 11.4. The van der Waals surface area contributed by atoms with Crippen LogP contribution in [0.2, 0.25) is 0 Å². The molecule has 4 nitrogen and oxygen atoms in total. The van der Waals surface area contributed by atoms with Crippen LogP contribution in [0.15, 0.2) is 60.7 Å². The van der Waals surface area contributed by atoms with Crippen LogP contribution in [0.3, 0.4) is 0 Å². The molecule has 0 spiro atoms. The Balaban J connectivity index is 2.09. The van der Waals surface area contributed by atoms with E-state index in [1.807, 2.05) is 36.4 Å². The van der Waals surface area contributed by atoms with Gasteiger partial charge in [0, 0.05) is 18.1 Å². The van der Waals surface area contributed by atoms with Crippen LogP contribution in [-0.2, 0) is 9.53 Å². The topological polar surface area (TPSA) is 46.5 Å². The molecule has 0 aliphatic carbocycles. The maximum Gasteiger partial charge on any atom is 0.310 e. The fourth-order valence-corrected chi connectivity index (χ4v) is 4.25. The molecule has 2 aromatic carbocycles. The lowest BCUT2D eigenvalue weighted by Crippen LogP contribution is -2.81. The minimum Gasteiger partial charge on any atom is -0.421 e. The predicted octanol–water partition coefficient (Wildman–Crippen LogP) is 3.66. The van der Waals surface area contributed by atoms with Crippen molar-refractivity contribution in [2.45, 2.75) is 45.1 Å². The molecule has 0 unspecified atom stereocenters. The van der Waals surface area contributed by atoms with E-state index in [2.05, 4.69) is 45.0 Å². The predicted molar refractivity (Wildman–Crippen MR) is 101 cm³/mol. The molecule has 3 rings (SSSR count). The number of likely N-dealkylation sites (tertiary alicyclic amines) is 1. The molecule has 1 aliphatic heterocycles. The van der Waals surface area contributed by atoms with E-state index in [0.717, 1.165) is 0 Å². The molecule has 0 atom stereocenters. The van der Waals surface area contributed by atoms with Gasteiger partial charge in [0.25, 0.3) is 0 Å². The zero-order chi connectivity index (χ0) is 19.0. The number of rotatable bonds is 4. The second-order valence-corrected chi connectivity index (χ2v) is 8.28. The summed E-state index contributed by atoms with van der Waals surface area (Å²) in [6, 6.07) is 20.8. The van der Waals surface area contributed by atoms with Crippen LogP contribution in [0.4, 0.5) is 0 Å². The van der Waals surface area contributed by atoms with Gasteiger partial charge in [-0.05, 0) is 20.8 Å². The molecule has 1 fully saturated rings. The molecular weight excluding hydrogens is 326 g/mol. The normalized spacial score (nSPS) is 25.6. The number of hydrogen-bond acceptors (Lipinski definition) is 3. The Kier molecular flexibility index (Phi) is 4.67. The second-order valence-electron chi connectivity index (χ2n) is 8.28. The molecule has 1 saturated heterocycles. The van der Waals surface area contributed by atoms with E-state index >= 15 is 0 Å². The lowest BCUT2D eigenvalue weighted by molar-refractivity contribution is -1.05. The van der Waals surface area contributed by atoms with Crippen molar-refractivity contribution >= 4 is 5.97 Å². The van der Waals surface area contributed by atoms with Crippen LogP contribution >= 0.6 is 0 Å². The van der Waals surface area contributed by atoms with Crippen LogP contribution in [0.25, 0.3) is 0 Å². The van der Waals surface area contributed by atoms with Crippen molar-refractivity contribution in [1.82, 2.24) is 0 Å². The molecule has 2 aromatic rings. The molecule has 0 amide bonds. The van der Waals surface area contributed by atoms with Crippen molar-refractivity contribution in [3.8, 4) is 0 Å². The Labute approximate surface area is 155 Å². The smallest absolute Gasteiger partial charge is 0.310 e. The van der Waals surface area contributed by atoms with Gasteiger partial charge in [-0.15, -0.1) is 0 Å². The monoisotopic (exact) mass is 354 g/mol. The van der Waals surface area contributed by atoms with Crippen molar-refractivity contribution in [1.29, 1.82) is 0 Å². The summed E-state index contributed by atoms with van der Waals surface area (Å²) in [6.45, 7) is 8.61. The first-order chi connectivity index (χ1) is 12.2. The Morgan fingerprint density at radius 2 is 1.42 bits per heavy atom. The number of nitrogens with zero attached hydrogens (tertiary/aromatic N) is 1. The first-order valence-corrected chi connectivity index (χ1v) is 9.06. The van der Waals surface area contributed by atoms with Crippen LogP contribution < -0.4 is 0 Å². The second kappa shape index (κ2) is 6.53. The summed E-state index contributed by atoms with van der Waals surface area (Å²) in [5, 5.41) is 10.8. The highest BCUT2D eigenvalue weighted by Gasteiger charge is 2.66. The standard InChI is InChI=1S/C22H28NO3/c1-17(24)26-22(25)15-23(16-22,21(2,3)4)20(18-11-7-5-8-12-18)19-13-9-6-10-14-19/h5-14,20,25H,15-16H2,1-4H3/q+1. The van der Waals surface area contributed by atoms with Crippen LogP contribution in [0, 0.1) is 0 Å². The summed E-state index contributed by atoms with van der Waals surface area (Å²) < 4.78 is 5.86. The molecule has 1 N–H and O–H groups in total. The number of quaternary nitrogens is 1. The average molecular weight is 354 g/mol. The lowest BCUT2D eigenvalue weighted by Gasteiger charge is -2.63.